The Labute approximate surface area is 275 Å². The standard InChI is InChI=1S/C38H41N7O2/c1-38(2)40-34-13-9-12-30-33(21-22-35(41-38)37(30)34)45-44-32-20-19-31(28-10-6-7-11-29(28)32)43-42-27-17-15-26(16-18-27)23-25-47-36(46)14-5-4-8-24-39-3/h6-7,9-13,15-22,39-41H,4-5,8,14,23-25H2,1-3H3. The summed E-state index contributed by atoms with van der Waals surface area (Å²) in [6.45, 7) is 5.59. The van der Waals surface area contributed by atoms with Gasteiger partial charge in [0.05, 0.1) is 29.4 Å². The molecule has 0 unspecified atom stereocenters. The van der Waals surface area contributed by atoms with Crippen molar-refractivity contribution in [2.24, 2.45) is 20.5 Å². The van der Waals surface area contributed by atoms with Crippen molar-refractivity contribution in [3.8, 4) is 0 Å². The van der Waals surface area contributed by atoms with Gasteiger partial charge in [-0.3, -0.25) is 4.79 Å². The van der Waals surface area contributed by atoms with E-state index in [1.807, 2.05) is 79.8 Å². The second kappa shape index (κ2) is 14.5. The molecule has 1 aliphatic heterocycles. The van der Waals surface area contributed by atoms with E-state index in [1.165, 1.54) is 0 Å². The van der Waals surface area contributed by atoms with Crippen LogP contribution in [0.2, 0.25) is 0 Å². The van der Waals surface area contributed by atoms with E-state index in [0.29, 0.717) is 19.4 Å². The fraction of sp³-hybridized carbons (Fsp3) is 0.289. The van der Waals surface area contributed by atoms with E-state index in [1.54, 1.807) is 0 Å². The van der Waals surface area contributed by atoms with Crippen LogP contribution < -0.4 is 16.0 Å². The topological polar surface area (TPSA) is 112 Å². The second-order valence-corrected chi connectivity index (χ2v) is 12.3. The summed E-state index contributed by atoms with van der Waals surface area (Å²) in [4.78, 5) is 12.0. The SMILES string of the molecule is CNCCCCCC(=O)OCCc1ccc(N=Nc2ccc(N=Nc3ccc4c5c(cccc35)NC(C)(C)N4)c3ccccc23)cc1. The minimum absolute atomic E-state index is 0.129. The van der Waals surface area contributed by atoms with Gasteiger partial charge in [-0.25, -0.2) is 0 Å². The number of benzene rings is 5. The first-order valence-corrected chi connectivity index (χ1v) is 16.3. The summed E-state index contributed by atoms with van der Waals surface area (Å²) in [6.07, 6.45) is 4.10. The molecule has 0 amide bonds. The van der Waals surface area contributed by atoms with E-state index in [2.05, 4.69) is 58.2 Å². The van der Waals surface area contributed by atoms with Crippen molar-refractivity contribution < 1.29 is 9.53 Å². The molecule has 9 nitrogen and oxygen atoms in total. The van der Waals surface area contributed by atoms with Gasteiger partial charge in [0.2, 0.25) is 0 Å². The van der Waals surface area contributed by atoms with E-state index in [-0.39, 0.29) is 11.6 Å². The molecule has 240 valence electrons. The number of ether oxygens (including phenoxy) is 1. The third-order valence-corrected chi connectivity index (χ3v) is 8.23. The molecule has 0 spiro atoms. The van der Waals surface area contributed by atoms with Crippen LogP contribution in [-0.4, -0.2) is 31.8 Å². The monoisotopic (exact) mass is 627 g/mol. The molecular weight excluding hydrogens is 586 g/mol. The second-order valence-electron chi connectivity index (χ2n) is 12.3. The van der Waals surface area contributed by atoms with Crippen molar-refractivity contribution in [3.05, 3.63) is 96.6 Å². The summed E-state index contributed by atoms with van der Waals surface area (Å²) < 4.78 is 5.41. The fourth-order valence-corrected chi connectivity index (χ4v) is 5.88. The molecule has 0 fully saturated rings. The van der Waals surface area contributed by atoms with Crippen molar-refractivity contribution in [1.29, 1.82) is 0 Å². The quantitative estimate of drug-likeness (QED) is 0.0683. The molecule has 47 heavy (non-hydrogen) atoms. The maximum Gasteiger partial charge on any atom is 0.305 e. The summed E-state index contributed by atoms with van der Waals surface area (Å²) in [5.41, 5.74) is 6.06. The van der Waals surface area contributed by atoms with Crippen molar-refractivity contribution in [3.63, 3.8) is 0 Å². The van der Waals surface area contributed by atoms with Gasteiger partial charge in [0.1, 0.15) is 5.66 Å². The first-order chi connectivity index (χ1) is 22.9. The summed E-state index contributed by atoms with van der Waals surface area (Å²) in [7, 11) is 1.94. The first-order valence-electron chi connectivity index (χ1n) is 16.3. The molecular formula is C38H41N7O2. The molecule has 0 atom stereocenters. The van der Waals surface area contributed by atoms with Crippen LogP contribution in [0.4, 0.5) is 34.1 Å². The highest BCUT2D eigenvalue weighted by Gasteiger charge is 2.25. The van der Waals surface area contributed by atoms with Crippen molar-refractivity contribution in [2.45, 2.75) is 51.6 Å². The molecule has 9 heteroatoms. The summed E-state index contributed by atoms with van der Waals surface area (Å²) in [6, 6.07) is 30.1. The zero-order valence-corrected chi connectivity index (χ0v) is 27.2. The molecule has 0 saturated carbocycles. The molecule has 0 aliphatic carbocycles. The molecule has 0 aromatic heterocycles. The van der Waals surface area contributed by atoms with Gasteiger partial charge in [-0.05, 0) is 88.3 Å². The van der Waals surface area contributed by atoms with Crippen molar-refractivity contribution in [2.75, 3.05) is 30.8 Å². The van der Waals surface area contributed by atoms with Crippen LogP contribution in [0.1, 0.15) is 45.1 Å². The molecule has 3 N–H and O–H groups in total. The van der Waals surface area contributed by atoms with Gasteiger partial charge in [0.15, 0.2) is 0 Å². The highest BCUT2D eigenvalue weighted by molar-refractivity contribution is 6.09. The molecule has 6 rings (SSSR count). The Bertz CT molecular complexity index is 1920. The Morgan fingerprint density at radius 2 is 1.32 bits per heavy atom. The average molecular weight is 628 g/mol. The van der Waals surface area contributed by atoms with E-state index >= 15 is 0 Å². The third-order valence-electron chi connectivity index (χ3n) is 8.23. The molecule has 0 saturated heterocycles. The van der Waals surface area contributed by atoms with Crippen molar-refractivity contribution >= 4 is 61.6 Å². The van der Waals surface area contributed by atoms with Crippen LogP contribution in [0, 0.1) is 0 Å². The van der Waals surface area contributed by atoms with E-state index in [9.17, 15) is 4.79 Å². The minimum Gasteiger partial charge on any atom is -0.465 e. The predicted molar refractivity (Wildman–Crippen MR) is 191 cm³/mol. The van der Waals surface area contributed by atoms with Gasteiger partial charge in [-0.15, -0.1) is 15.3 Å². The zero-order chi connectivity index (χ0) is 32.6. The number of nitrogens with one attached hydrogen (secondary N) is 3. The molecule has 0 bridgehead atoms. The van der Waals surface area contributed by atoms with Crippen LogP contribution in [0.3, 0.4) is 0 Å². The highest BCUT2D eigenvalue weighted by Crippen LogP contribution is 2.42. The largest absolute Gasteiger partial charge is 0.465 e. The molecule has 1 aliphatic rings. The van der Waals surface area contributed by atoms with Gasteiger partial charge in [0.25, 0.3) is 0 Å². The number of anilines is 2. The number of carbonyl (C=O) groups excluding carboxylic acids is 1. The van der Waals surface area contributed by atoms with Crippen LogP contribution in [0.25, 0.3) is 21.5 Å². The number of fused-ring (bicyclic) bond motifs is 1. The van der Waals surface area contributed by atoms with Crippen LogP contribution in [0.15, 0.2) is 111 Å². The smallest absolute Gasteiger partial charge is 0.305 e. The number of hydrogen-bond acceptors (Lipinski definition) is 9. The lowest BCUT2D eigenvalue weighted by Gasteiger charge is -2.36. The summed E-state index contributed by atoms with van der Waals surface area (Å²) in [5.74, 6) is -0.129. The van der Waals surface area contributed by atoms with Crippen LogP contribution in [0.5, 0.6) is 0 Å². The van der Waals surface area contributed by atoms with Gasteiger partial charge >= 0.3 is 5.97 Å². The van der Waals surface area contributed by atoms with Gasteiger partial charge < -0.3 is 20.7 Å². The average Bonchev–Trinajstić information content (AvgIpc) is 3.07. The van der Waals surface area contributed by atoms with E-state index in [4.69, 9.17) is 15.0 Å². The third kappa shape index (κ3) is 7.81. The number of esters is 1. The van der Waals surface area contributed by atoms with Crippen molar-refractivity contribution in [1.82, 2.24) is 5.32 Å². The minimum atomic E-state index is -0.241. The van der Waals surface area contributed by atoms with Crippen LogP contribution >= 0.6 is 0 Å². The molecule has 5 aromatic carbocycles. The number of unbranched alkanes of at least 4 members (excludes halogenated alkanes) is 2. The Morgan fingerprint density at radius 3 is 2.02 bits per heavy atom. The fourth-order valence-electron chi connectivity index (χ4n) is 5.88. The maximum atomic E-state index is 12.0. The van der Waals surface area contributed by atoms with Gasteiger partial charge in [-0.2, -0.15) is 5.11 Å². The summed E-state index contributed by atoms with van der Waals surface area (Å²) >= 11 is 0. The molecule has 5 aromatic rings. The number of hydrogen-bond donors (Lipinski definition) is 3. The number of rotatable bonds is 13. The highest BCUT2D eigenvalue weighted by atomic mass is 16.5. The van der Waals surface area contributed by atoms with Gasteiger partial charge in [0, 0.05) is 45.8 Å². The lowest BCUT2D eigenvalue weighted by Crippen LogP contribution is -2.41. The Hall–Kier alpha value is -5.15. The van der Waals surface area contributed by atoms with Crippen LogP contribution in [-0.2, 0) is 16.0 Å². The zero-order valence-electron chi connectivity index (χ0n) is 27.2. The molecule has 1 heterocycles. The first kappa shape index (κ1) is 31.8. The van der Waals surface area contributed by atoms with E-state index < -0.39 is 0 Å². The number of azo groups is 2. The lowest BCUT2D eigenvalue weighted by molar-refractivity contribution is -0.143. The normalized spacial score (nSPS) is 13.7. The number of nitrogens with zero attached hydrogens (tertiary/aromatic N) is 4. The Morgan fingerprint density at radius 1 is 0.702 bits per heavy atom. The Balaban J connectivity index is 1.12. The molecule has 0 radical (unpaired) electrons. The number of carbonyl (C=O) groups is 1. The summed E-state index contributed by atoms with van der Waals surface area (Å²) in [5, 5.41) is 32.8. The van der Waals surface area contributed by atoms with Gasteiger partial charge in [-0.1, -0.05) is 55.0 Å². The Kier molecular flexibility index (Phi) is 9.83. The predicted octanol–water partition coefficient (Wildman–Crippen LogP) is 10.3. The maximum absolute atomic E-state index is 12.0. The van der Waals surface area contributed by atoms with E-state index in [0.717, 1.165) is 87.0 Å². The lowest BCUT2D eigenvalue weighted by atomic mass is 10.00.